The van der Waals surface area contributed by atoms with Gasteiger partial charge in [-0.2, -0.15) is 0 Å². The van der Waals surface area contributed by atoms with E-state index in [2.05, 4.69) is 10.5 Å². The van der Waals surface area contributed by atoms with Crippen molar-refractivity contribution in [3.63, 3.8) is 0 Å². The van der Waals surface area contributed by atoms with Gasteiger partial charge < -0.3 is 4.57 Å². The van der Waals surface area contributed by atoms with Crippen molar-refractivity contribution in [2.45, 2.75) is 13.0 Å². The van der Waals surface area contributed by atoms with Gasteiger partial charge in [-0.1, -0.05) is 30.3 Å². The maximum absolute atomic E-state index is 5.38. The van der Waals surface area contributed by atoms with E-state index in [9.17, 15) is 0 Å². The summed E-state index contributed by atoms with van der Waals surface area (Å²) >= 11 is 0. The normalized spacial score (nSPS) is 10.6. The number of aromatic nitrogens is 2. The van der Waals surface area contributed by atoms with Crippen molar-refractivity contribution in [1.29, 1.82) is 0 Å². The first kappa shape index (κ1) is 11.8. The Labute approximate surface area is 101 Å². The summed E-state index contributed by atoms with van der Waals surface area (Å²) in [6, 6.07) is 10.1. The lowest BCUT2D eigenvalue weighted by Crippen LogP contribution is -2.18. The fourth-order valence-corrected chi connectivity index (χ4v) is 1.59. The van der Waals surface area contributed by atoms with E-state index in [1.807, 2.05) is 48.1 Å². The van der Waals surface area contributed by atoms with Crippen molar-refractivity contribution in [1.82, 2.24) is 15.0 Å². The zero-order valence-electron chi connectivity index (χ0n) is 9.97. The number of imidazole rings is 1. The van der Waals surface area contributed by atoms with Gasteiger partial charge in [0.15, 0.2) is 0 Å². The summed E-state index contributed by atoms with van der Waals surface area (Å²) in [4.78, 5) is 9.44. The second kappa shape index (κ2) is 6.18. The van der Waals surface area contributed by atoms with E-state index in [0.717, 1.165) is 13.0 Å². The largest absolute Gasteiger partial charge is 0.338 e. The Kier molecular flexibility index (Phi) is 4.30. The second-order valence-corrected chi connectivity index (χ2v) is 3.91. The lowest BCUT2D eigenvalue weighted by molar-refractivity contribution is 0.0286. The number of rotatable bonds is 6. The molecule has 0 aliphatic heterocycles. The molecule has 0 aliphatic rings. The number of hydroxylamine groups is 1. The van der Waals surface area contributed by atoms with E-state index in [-0.39, 0.29) is 0 Å². The van der Waals surface area contributed by atoms with Crippen molar-refractivity contribution in [2.75, 3.05) is 6.54 Å². The highest BCUT2D eigenvalue weighted by atomic mass is 16.6. The molecule has 4 heteroatoms. The van der Waals surface area contributed by atoms with E-state index in [1.165, 1.54) is 11.3 Å². The summed E-state index contributed by atoms with van der Waals surface area (Å²) in [6.45, 7) is 1.37. The molecular weight excluding hydrogens is 214 g/mol. The quantitative estimate of drug-likeness (QED) is 0.607. The van der Waals surface area contributed by atoms with Crippen LogP contribution < -0.4 is 5.48 Å². The van der Waals surface area contributed by atoms with Gasteiger partial charge >= 0.3 is 0 Å². The van der Waals surface area contributed by atoms with Crippen molar-refractivity contribution in [3.05, 3.63) is 54.1 Å². The van der Waals surface area contributed by atoms with E-state index in [0.29, 0.717) is 6.61 Å². The lowest BCUT2D eigenvalue weighted by atomic mass is 10.2. The standard InChI is InChI=1S/C13H17N3O/c1-16-11-14-9-13(16)7-8-15-17-10-12-5-3-2-4-6-12/h2-6,9,11,15H,7-8,10H2,1H3. The van der Waals surface area contributed by atoms with Crippen molar-refractivity contribution >= 4 is 0 Å². The molecule has 1 aromatic carbocycles. The molecule has 1 aromatic heterocycles. The Balaban J connectivity index is 1.63. The first-order valence-electron chi connectivity index (χ1n) is 5.70. The van der Waals surface area contributed by atoms with Gasteiger partial charge in [0.1, 0.15) is 0 Å². The first-order chi connectivity index (χ1) is 8.36. The van der Waals surface area contributed by atoms with Crippen LogP contribution in [0.15, 0.2) is 42.9 Å². The molecule has 90 valence electrons. The highest BCUT2D eigenvalue weighted by Gasteiger charge is 1.97. The lowest BCUT2D eigenvalue weighted by Gasteiger charge is -2.06. The Bertz CT molecular complexity index is 439. The van der Waals surface area contributed by atoms with Crippen LogP contribution in [-0.2, 0) is 24.9 Å². The molecule has 0 aliphatic carbocycles. The monoisotopic (exact) mass is 231 g/mol. The topological polar surface area (TPSA) is 39.1 Å². The Morgan fingerprint density at radius 3 is 2.82 bits per heavy atom. The molecule has 0 spiro atoms. The van der Waals surface area contributed by atoms with Gasteiger partial charge in [-0.15, -0.1) is 0 Å². The van der Waals surface area contributed by atoms with Crippen LogP contribution in [0.25, 0.3) is 0 Å². The Hall–Kier alpha value is -1.65. The average molecular weight is 231 g/mol. The molecule has 0 bridgehead atoms. The number of hydrogen-bond acceptors (Lipinski definition) is 3. The van der Waals surface area contributed by atoms with Crippen LogP contribution in [0.1, 0.15) is 11.3 Å². The molecule has 1 N–H and O–H groups in total. The molecule has 2 rings (SSSR count). The minimum absolute atomic E-state index is 0.590. The second-order valence-electron chi connectivity index (χ2n) is 3.91. The van der Waals surface area contributed by atoms with Crippen molar-refractivity contribution < 1.29 is 4.84 Å². The number of nitrogens with zero attached hydrogens (tertiary/aromatic N) is 2. The third-order valence-electron chi connectivity index (χ3n) is 2.58. The molecule has 0 atom stereocenters. The maximum Gasteiger partial charge on any atom is 0.0945 e. The van der Waals surface area contributed by atoms with Gasteiger partial charge in [0.2, 0.25) is 0 Å². The molecule has 0 unspecified atom stereocenters. The minimum Gasteiger partial charge on any atom is -0.338 e. The van der Waals surface area contributed by atoms with Crippen LogP contribution in [0.5, 0.6) is 0 Å². The Morgan fingerprint density at radius 2 is 2.12 bits per heavy atom. The molecule has 0 amide bonds. The van der Waals surface area contributed by atoms with Crippen LogP contribution in [0.4, 0.5) is 0 Å². The zero-order valence-corrected chi connectivity index (χ0v) is 9.97. The minimum atomic E-state index is 0.590. The number of benzene rings is 1. The fraction of sp³-hybridized carbons (Fsp3) is 0.308. The number of hydrogen-bond donors (Lipinski definition) is 1. The SMILES string of the molecule is Cn1cncc1CCNOCc1ccccc1. The summed E-state index contributed by atoms with van der Waals surface area (Å²) in [5, 5.41) is 0. The molecular formula is C13H17N3O. The highest BCUT2D eigenvalue weighted by molar-refractivity contribution is 5.13. The number of nitrogens with one attached hydrogen (secondary N) is 1. The van der Waals surface area contributed by atoms with Crippen LogP contribution in [0.3, 0.4) is 0 Å². The maximum atomic E-state index is 5.38. The fourth-order valence-electron chi connectivity index (χ4n) is 1.59. The molecule has 2 aromatic rings. The van der Waals surface area contributed by atoms with Crippen molar-refractivity contribution in [3.8, 4) is 0 Å². The van der Waals surface area contributed by atoms with E-state index >= 15 is 0 Å². The van der Waals surface area contributed by atoms with Crippen LogP contribution >= 0.6 is 0 Å². The molecule has 1 heterocycles. The van der Waals surface area contributed by atoms with Gasteiger partial charge in [0.05, 0.1) is 12.9 Å². The highest BCUT2D eigenvalue weighted by Crippen LogP contribution is 1.99. The van der Waals surface area contributed by atoms with Crippen LogP contribution in [0.2, 0.25) is 0 Å². The Morgan fingerprint density at radius 1 is 1.29 bits per heavy atom. The summed E-state index contributed by atoms with van der Waals surface area (Å²) in [6.07, 6.45) is 4.59. The summed E-state index contributed by atoms with van der Waals surface area (Å²) in [7, 11) is 1.99. The van der Waals surface area contributed by atoms with Crippen molar-refractivity contribution in [2.24, 2.45) is 7.05 Å². The summed E-state index contributed by atoms with van der Waals surface area (Å²) in [5.74, 6) is 0. The van der Waals surface area contributed by atoms with Crippen LogP contribution in [-0.4, -0.2) is 16.1 Å². The molecule has 0 saturated heterocycles. The van der Waals surface area contributed by atoms with E-state index in [4.69, 9.17) is 4.84 Å². The smallest absolute Gasteiger partial charge is 0.0945 e. The summed E-state index contributed by atoms with van der Waals surface area (Å²) < 4.78 is 2.01. The zero-order chi connectivity index (χ0) is 11.9. The average Bonchev–Trinajstić information content (AvgIpc) is 2.76. The van der Waals surface area contributed by atoms with Gasteiger partial charge in [-0.25, -0.2) is 10.5 Å². The third kappa shape index (κ3) is 3.69. The molecule has 4 nitrogen and oxygen atoms in total. The molecule has 0 radical (unpaired) electrons. The summed E-state index contributed by atoms with van der Waals surface area (Å²) in [5.41, 5.74) is 5.32. The van der Waals surface area contributed by atoms with Crippen LogP contribution in [0, 0.1) is 0 Å². The molecule has 0 saturated carbocycles. The van der Waals surface area contributed by atoms with Gasteiger partial charge in [0, 0.05) is 31.9 Å². The molecule has 17 heavy (non-hydrogen) atoms. The van der Waals surface area contributed by atoms with E-state index < -0.39 is 0 Å². The predicted octanol–water partition coefficient (Wildman–Crippen LogP) is 1.68. The first-order valence-corrected chi connectivity index (χ1v) is 5.70. The van der Waals surface area contributed by atoms with Gasteiger partial charge in [-0.3, -0.25) is 4.84 Å². The molecule has 0 fully saturated rings. The van der Waals surface area contributed by atoms with E-state index in [1.54, 1.807) is 6.33 Å². The number of aryl methyl sites for hydroxylation is 1. The predicted molar refractivity (Wildman–Crippen MR) is 66.1 cm³/mol. The van der Waals surface area contributed by atoms with Gasteiger partial charge in [0.25, 0.3) is 0 Å². The van der Waals surface area contributed by atoms with Gasteiger partial charge in [-0.05, 0) is 5.56 Å². The third-order valence-corrected chi connectivity index (χ3v) is 2.58.